The Labute approximate surface area is 125 Å². The van der Waals surface area contributed by atoms with Crippen LogP contribution in [0.25, 0.3) is 0 Å². The van der Waals surface area contributed by atoms with Gasteiger partial charge in [-0.1, -0.05) is 11.6 Å². The summed E-state index contributed by atoms with van der Waals surface area (Å²) in [6.45, 7) is 0. The number of hydrogen-bond acceptors (Lipinski definition) is 7. The van der Waals surface area contributed by atoms with Crippen LogP contribution in [0.15, 0.2) is 35.5 Å². The minimum absolute atomic E-state index is 0.0819. The topological polar surface area (TPSA) is 134 Å². The average Bonchev–Trinajstić information content (AvgIpc) is 2.49. The van der Waals surface area contributed by atoms with Crippen LogP contribution in [0.4, 0.5) is 11.6 Å². The number of aromatic nitrogens is 2. The normalized spacial score (nSPS) is 10.7. The van der Waals surface area contributed by atoms with Crippen molar-refractivity contribution in [1.29, 1.82) is 5.26 Å². The van der Waals surface area contributed by atoms with Crippen LogP contribution >= 0.6 is 11.6 Å². The first kappa shape index (κ1) is 15.0. The van der Waals surface area contributed by atoms with Crippen LogP contribution in [0.3, 0.4) is 0 Å². The molecule has 0 unspecified atom stereocenters. The van der Waals surface area contributed by atoms with Gasteiger partial charge in [-0.05, 0) is 18.2 Å². The van der Waals surface area contributed by atoms with Crippen molar-refractivity contribution >= 4 is 33.3 Å². The van der Waals surface area contributed by atoms with Crippen LogP contribution in [0.1, 0.15) is 5.56 Å². The van der Waals surface area contributed by atoms with Crippen LogP contribution in [0.5, 0.6) is 0 Å². The Balaban J connectivity index is 2.35. The van der Waals surface area contributed by atoms with Gasteiger partial charge in [-0.2, -0.15) is 5.26 Å². The number of anilines is 2. The molecule has 2 aromatic rings. The molecule has 0 aliphatic rings. The molecule has 108 valence electrons. The molecule has 0 spiro atoms. The third-order valence-corrected chi connectivity index (χ3v) is 4.06. The van der Waals surface area contributed by atoms with Crippen LogP contribution in [-0.4, -0.2) is 18.4 Å². The maximum Gasteiger partial charge on any atom is 0.265 e. The lowest BCUT2D eigenvalue weighted by atomic mass is 10.2. The fraction of sp³-hybridized carbons (Fsp3) is 0. The van der Waals surface area contributed by atoms with E-state index in [1.54, 1.807) is 0 Å². The number of hydrogen-bond donors (Lipinski definition) is 3. The van der Waals surface area contributed by atoms with Gasteiger partial charge in [0.25, 0.3) is 10.0 Å². The predicted octanol–water partition coefficient (Wildman–Crippen LogP) is 1.09. The fourth-order valence-electron chi connectivity index (χ4n) is 1.41. The van der Waals surface area contributed by atoms with Crippen molar-refractivity contribution < 1.29 is 8.42 Å². The number of nitriles is 1. The summed E-state index contributed by atoms with van der Waals surface area (Å²) < 4.78 is 26.6. The van der Waals surface area contributed by atoms with E-state index in [4.69, 9.17) is 22.7 Å². The lowest BCUT2D eigenvalue weighted by Gasteiger charge is -2.09. The van der Waals surface area contributed by atoms with E-state index in [2.05, 4.69) is 20.1 Å². The molecule has 0 amide bonds. The zero-order chi connectivity index (χ0) is 15.5. The Morgan fingerprint density at radius 3 is 2.52 bits per heavy atom. The second-order valence-corrected chi connectivity index (χ2v) is 5.89. The van der Waals surface area contributed by atoms with Crippen LogP contribution in [0.2, 0.25) is 5.02 Å². The van der Waals surface area contributed by atoms with Crippen molar-refractivity contribution in [2.45, 2.75) is 4.90 Å². The van der Waals surface area contributed by atoms with E-state index in [0.717, 1.165) is 12.4 Å². The van der Waals surface area contributed by atoms with Gasteiger partial charge < -0.3 is 0 Å². The minimum atomic E-state index is -3.92. The van der Waals surface area contributed by atoms with E-state index in [1.165, 1.54) is 18.2 Å². The molecule has 1 heterocycles. The molecule has 0 aliphatic carbocycles. The summed E-state index contributed by atoms with van der Waals surface area (Å²) in [6.07, 6.45) is 2.18. The van der Waals surface area contributed by atoms with E-state index < -0.39 is 10.0 Å². The third-order valence-electron chi connectivity index (χ3n) is 2.41. The predicted molar refractivity (Wildman–Crippen MR) is 76.8 cm³/mol. The molecule has 1 aromatic heterocycles. The van der Waals surface area contributed by atoms with Gasteiger partial charge in [0, 0.05) is 0 Å². The van der Waals surface area contributed by atoms with Crippen molar-refractivity contribution in [3.05, 3.63) is 41.2 Å². The highest BCUT2D eigenvalue weighted by atomic mass is 35.5. The Morgan fingerprint density at radius 2 is 1.95 bits per heavy atom. The molecule has 8 nitrogen and oxygen atoms in total. The molecule has 1 aromatic carbocycles. The quantitative estimate of drug-likeness (QED) is 0.566. The molecular formula is C11H9ClN6O2S. The number of hydrazine groups is 1. The number of nitrogen functional groups attached to an aromatic ring is 1. The Kier molecular flexibility index (Phi) is 4.23. The molecule has 0 atom stereocenters. The maximum absolute atomic E-state index is 12.2. The van der Waals surface area contributed by atoms with Gasteiger partial charge in [-0.15, -0.1) is 0 Å². The molecule has 0 bridgehead atoms. The fourth-order valence-corrected chi connectivity index (χ4v) is 2.59. The summed E-state index contributed by atoms with van der Waals surface area (Å²) in [5, 5.41) is 8.98. The Bertz CT molecular complexity index is 800. The molecule has 2 rings (SSSR count). The van der Waals surface area contributed by atoms with Crippen LogP contribution < -0.4 is 16.0 Å². The number of halogens is 1. The lowest BCUT2D eigenvalue weighted by molar-refractivity contribution is 0.600. The number of sulfonamides is 1. The van der Waals surface area contributed by atoms with Gasteiger partial charge in [-0.3, -0.25) is 10.1 Å². The highest BCUT2D eigenvalue weighted by Crippen LogP contribution is 2.25. The molecule has 0 aliphatic heterocycles. The highest BCUT2D eigenvalue weighted by Gasteiger charge is 2.17. The van der Waals surface area contributed by atoms with Crippen molar-refractivity contribution in [2.24, 2.45) is 5.84 Å². The largest absolute Gasteiger partial charge is 0.292 e. The smallest absolute Gasteiger partial charge is 0.265 e. The first-order chi connectivity index (χ1) is 9.96. The molecule has 0 saturated carbocycles. The second kappa shape index (κ2) is 5.92. The molecule has 4 N–H and O–H groups in total. The molecular weight excluding hydrogens is 316 g/mol. The second-order valence-electron chi connectivity index (χ2n) is 3.80. The lowest BCUT2D eigenvalue weighted by Crippen LogP contribution is -2.15. The number of nitrogens with two attached hydrogens (primary N) is 1. The van der Waals surface area contributed by atoms with Gasteiger partial charge in [0.15, 0.2) is 0 Å². The molecule has 0 radical (unpaired) electrons. The van der Waals surface area contributed by atoms with Gasteiger partial charge in [0.05, 0.1) is 34.7 Å². The average molecular weight is 325 g/mol. The SMILES string of the molecule is N#Cc1ccc(Cl)c(NS(=O)(=O)c2cnc(NN)nc2)c1. The summed E-state index contributed by atoms with van der Waals surface area (Å²) >= 11 is 5.90. The zero-order valence-electron chi connectivity index (χ0n) is 10.4. The van der Waals surface area contributed by atoms with Crippen molar-refractivity contribution in [3.8, 4) is 6.07 Å². The maximum atomic E-state index is 12.2. The van der Waals surface area contributed by atoms with Gasteiger partial charge in [0.2, 0.25) is 5.95 Å². The Morgan fingerprint density at radius 1 is 1.29 bits per heavy atom. The number of rotatable bonds is 4. The number of nitrogens with one attached hydrogen (secondary N) is 2. The van der Waals surface area contributed by atoms with Crippen molar-refractivity contribution in [2.75, 3.05) is 10.1 Å². The first-order valence-electron chi connectivity index (χ1n) is 5.47. The van der Waals surface area contributed by atoms with E-state index in [-0.39, 0.29) is 27.1 Å². The van der Waals surface area contributed by atoms with E-state index >= 15 is 0 Å². The van der Waals surface area contributed by atoms with Gasteiger partial charge >= 0.3 is 0 Å². The molecule has 0 fully saturated rings. The number of nitrogens with zero attached hydrogens (tertiary/aromatic N) is 3. The summed E-state index contributed by atoms with van der Waals surface area (Å²) in [4.78, 5) is 7.25. The highest BCUT2D eigenvalue weighted by molar-refractivity contribution is 7.92. The molecule has 0 saturated heterocycles. The van der Waals surface area contributed by atoms with Gasteiger partial charge in [0.1, 0.15) is 4.90 Å². The Hall–Kier alpha value is -2.41. The standard InChI is InChI=1S/C11H9ClN6O2S/c12-9-2-1-7(4-13)3-10(9)18-21(19,20)8-5-15-11(17-14)16-6-8/h1-3,5-6,18H,14H2,(H,15,16,17). The first-order valence-corrected chi connectivity index (χ1v) is 7.33. The summed E-state index contributed by atoms with van der Waals surface area (Å²) in [7, 11) is -3.92. The summed E-state index contributed by atoms with van der Waals surface area (Å²) in [5.41, 5.74) is 2.55. The minimum Gasteiger partial charge on any atom is -0.292 e. The van der Waals surface area contributed by atoms with Crippen molar-refractivity contribution in [3.63, 3.8) is 0 Å². The summed E-state index contributed by atoms with van der Waals surface area (Å²) in [5.74, 6) is 5.18. The third kappa shape index (κ3) is 3.38. The van der Waals surface area contributed by atoms with E-state index in [0.29, 0.717) is 0 Å². The van der Waals surface area contributed by atoms with Gasteiger partial charge in [-0.25, -0.2) is 24.2 Å². The molecule has 10 heteroatoms. The van der Waals surface area contributed by atoms with E-state index in [9.17, 15) is 8.42 Å². The van der Waals surface area contributed by atoms with Crippen LogP contribution in [-0.2, 0) is 10.0 Å². The zero-order valence-corrected chi connectivity index (χ0v) is 12.0. The molecule has 21 heavy (non-hydrogen) atoms. The van der Waals surface area contributed by atoms with Crippen LogP contribution in [0, 0.1) is 11.3 Å². The van der Waals surface area contributed by atoms with E-state index in [1.807, 2.05) is 6.07 Å². The monoisotopic (exact) mass is 324 g/mol. The number of benzene rings is 1. The summed E-state index contributed by atoms with van der Waals surface area (Å²) in [6, 6.07) is 6.13. The van der Waals surface area contributed by atoms with Crippen molar-refractivity contribution in [1.82, 2.24) is 9.97 Å².